The van der Waals surface area contributed by atoms with E-state index in [1.54, 1.807) is 39.5 Å². The summed E-state index contributed by atoms with van der Waals surface area (Å²) in [6.45, 7) is 5.26. The number of hydrogen-bond donors (Lipinski definition) is 0. The van der Waals surface area contributed by atoms with E-state index < -0.39 is 10.0 Å². The van der Waals surface area contributed by atoms with Crippen LogP contribution in [0.4, 0.5) is 5.13 Å². The van der Waals surface area contributed by atoms with Crippen molar-refractivity contribution in [3.05, 3.63) is 78.2 Å². The van der Waals surface area contributed by atoms with Gasteiger partial charge in [0.25, 0.3) is 0 Å². The van der Waals surface area contributed by atoms with E-state index in [0.29, 0.717) is 24.8 Å². The Morgan fingerprint density at radius 2 is 1.76 bits per heavy atom. The molecule has 1 aliphatic rings. The van der Waals surface area contributed by atoms with Gasteiger partial charge in [-0.25, -0.2) is 13.4 Å². The van der Waals surface area contributed by atoms with Gasteiger partial charge in [-0.2, -0.15) is 4.31 Å². The molecular weight excluding hydrogens is 454 g/mol. The lowest BCUT2D eigenvalue weighted by Gasteiger charge is -2.25. The van der Waals surface area contributed by atoms with Crippen LogP contribution in [0.1, 0.15) is 24.8 Å². The van der Waals surface area contributed by atoms with Crippen LogP contribution >= 0.6 is 11.3 Å². The van der Waals surface area contributed by atoms with Crippen molar-refractivity contribution in [2.75, 3.05) is 24.5 Å². The van der Waals surface area contributed by atoms with Gasteiger partial charge in [0.05, 0.1) is 17.0 Å². The number of thiazole rings is 1. The van der Waals surface area contributed by atoms with Crippen molar-refractivity contribution in [3.63, 3.8) is 0 Å². The SMILES string of the molecule is C=CCN(C(=O)Cc1ccc(S(=O)(=O)N2CCCCC2)cc1)c1nc(-c2ccccc2)cs1. The Labute approximate surface area is 199 Å². The quantitative estimate of drug-likeness (QED) is 0.436. The Morgan fingerprint density at radius 3 is 2.42 bits per heavy atom. The third-order valence-electron chi connectivity index (χ3n) is 5.64. The maximum atomic E-state index is 13.1. The van der Waals surface area contributed by atoms with E-state index in [2.05, 4.69) is 11.6 Å². The van der Waals surface area contributed by atoms with Gasteiger partial charge in [0.15, 0.2) is 5.13 Å². The summed E-state index contributed by atoms with van der Waals surface area (Å²) >= 11 is 1.41. The number of aromatic nitrogens is 1. The predicted octanol–water partition coefficient (Wildman–Crippen LogP) is 4.75. The van der Waals surface area contributed by atoms with Crippen LogP contribution in [0, 0.1) is 0 Å². The van der Waals surface area contributed by atoms with Crippen molar-refractivity contribution in [1.29, 1.82) is 0 Å². The monoisotopic (exact) mass is 481 g/mol. The largest absolute Gasteiger partial charge is 0.284 e. The number of sulfonamides is 1. The van der Waals surface area contributed by atoms with Crippen LogP contribution < -0.4 is 4.90 Å². The van der Waals surface area contributed by atoms with E-state index in [9.17, 15) is 13.2 Å². The average molecular weight is 482 g/mol. The number of piperidine rings is 1. The lowest BCUT2D eigenvalue weighted by atomic mass is 10.1. The Bertz CT molecular complexity index is 1200. The molecule has 8 heteroatoms. The molecule has 0 spiro atoms. The summed E-state index contributed by atoms with van der Waals surface area (Å²) < 4.78 is 27.3. The first-order valence-corrected chi connectivity index (χ1v) is 13.3. The van der Waals surface area contributed by atoms with Crippen LogP contribution in [0.25, 0.3) is 11.3 Å². The highest BCUT2D eigenvalue weighted by Gasteiger charge is 2.26. The van der Waals surface area contributed by atoms with Gasteiger partial charge in [-0.15, -0.1) is 17.9 Å². The number of benzene rings is 2. The van der Waals surface area contributed by atoms with Gasteiger partial charge < -0.3 is 0 Å². The minimum atomic E-state index is -3.48. The maximum Gasteiger partial charge on any atom is 0.243 e. The molecule has 0 saturated carbocycles. The molecule has 6 nitrogen and oxygen atoms in total. The zero-order chi connectivity index (χ0) is 23.3. The molecule has 0 N–H and O–H groups in total. The minimum absolute atomic E-state index is 0.115. The summed E-state index contributed by atoms with van der Waals surface area (Å²) in [7, 11) is -3.48. The molecule has 1 aromatic heterocycles. The Kier molecular flexibility index (Phi) is 7.37. The van der Waals surface area contributed by atoms with E-state index in [-0.39, 0.29) is 17.2 Å². The zero-order valence-corrected chi connectivity index (χ0v) is 20.0. The highest BCUT2D eigenvalue weighted by molar-refractivity contribution is 7.89. The normalized spacial score (nSPS) is 14.7. The number of rotatable bonds is 8. The minimum Gasteiger partial charge on any atom is -0.284 e. The smallest absolute Gasteiger partial charge is 0.243 e. The van der Waals surface area contributed by atoms with Gasteiger partial charge in [0.2, 0.25) is 15.9 Å². The van der Waals surface area contributed by atoms with Crippen molar-refractivity contribution in [1.82, 2.24) is 9.29 Å². The average Bonchev–Trinajstić information content (AvgIpc) is 3.34. The molecule has 2 aromatic carbocycles. The summed E-state index contributed by atoms with van der Waals surface area (Å²) in [5.41, 5.74) is 2.58. The molecule has 1 saturated heterocycles. The number of hydrogen-bond acceptors (Lipinski definition) is 5. The highest BCUT2D eigenvalue weighted by atomic mass is 32.2. The summed E-state index contributed by atoms with van der Waals surface area (Å²) in [5.74, 6) is -0.115. The predicted molar refractivity (Wildman–Crippen MR) is 133 cm³/mol. The first-order chi connectivity index (χ1) is 16.0. The Balaban J connectivity index is 1.48. The van der Waals surface area contributed by atoms with Crippen LogP contribution in [-0.4, -0.2) is 43.2 Å². The van der Waals surface area contributed by atoms with Crippen molar-refractivity contribution in [2.45, 2.75) is 30.6 Å². The van der Waals surface area contributed by atoms with Gasteiger partial charge in [-0.05, 0) is 30.5 Å². The molecule has 1 amide bonds. The third kappa shape index (κ3) is 5.40. The van der Waals surface area contributed by atoms with E-state index in [1.165, 1.54) is 11.3 Å². The fourth-order valence-electron chi connectivity index (χ4n) is 3.85. The number of anilines is 1. The molecule has 1 aliphatic heterocycles. The molecule has 0 radical (unpaired) electrons. The van der Waals surface area contributed by atoms with Crippen LogP contribution in [0.15, 0.2) is 77.5 Å². The molecule has 33 heavy (non-hydrogen) atoms. The van der Waals surface area contributed by atoms with Crippen molar-refractivity contribution >= 4 is 32.4 Å². The van der Waals surface area contributed by atoms with Crippen molar-refractivity contribution in [2.24, 2.45) is 0 Å². The second-order valence-electron chi connectivity index (χ2n) is 7.96. The molecule has 0 atom stereocenters. The van der Waals surface area contributed by atoms with Gasteiger partial charge in [-0.1, -0.05) is 55.0 Å². The lowest BCUT2D eigenvalue weighted by molar-refractivity contribution is -0.117. The fraction of sp³-hybridized carbons (Fsp3) is 0.280. The number of nitrogens with zero attached hydrogens (tertiary/aromatic N) is 3. The maximum absolute atomic E-state index is 13.1. The second-order valence-corrected chi connectivity index (χ2v) is 10.7. The van der Waals surface area contributed by atoms with Gasteiger partial charge >= 0.3 is 0 Å². The lowest BCUT2D eigenvalue weighted by Crippen LogP contribution is -2.35. The van der Waals surface area contributed by atoms with Gasteiger partial charge in [-0.3, -0.25) is 9.69 Å². The molecular formula is C25H27N3O3S2. The third-order valence-corrected chi connectivity index (χ3v) is 8.41. The number of carbonyl (C=O) groups excluding carboxylic acids is 1. The number of carbonyl (C=O) groups is 1. The topological polar surface area (TPSA) is 70.6 Å². The van der Waals surface area contributed by atoms with Crippen LogP contribution in [0.3, 0.4) is 0 Å². The van der Waals surface area contributed by atoms with E-state index in [1.807, 2.05) is 35.7 Å². The van der Waals surface area contributed by atoms with Crippen LogP contribution in [0.5, 0.6) is 0 Å². The molecule has 0 unspecified atom stereocenters. The molecule has 4 rings (SSSR count). The molecule has 1 fully saturated rings. The van der Waals surface area contributed by atoms with Crippen LogP contribution in [-0.2, 0) is 21.2 Å². The zero-order valence-electron chi connectivity index (χ0n) is 18.4. The van der Waals surface area contributed by atoms with E-state index in [0.717, 1.165) is 36.1 Å². The number of amides is 1. The fourth-order valence-corrected chi connectivity index (χ4v) is 6.23. The molecule has 3 aromatic rings. The summed E-state index contributed by atoms with van der Waals surface area (Å²) in [4.78, 5) is 19.6. The summed E-state index contributed by atoms with van der Waals surface area (Å²) in [5, 5.41) is 2.55. The molecule has 2 heterocycles. The van der Waals surface area contributed by atoms with E-state index >= 15 is 0 Å². The summed E-state index contributed by atoms with van der Waals surface area (Å²) in [6.07, 6.45) is 4.69. The van der Waals surface area contributed by atoms with Crippen LogP contribution in [0.2, 0.25) is 0 Å². The standard InChI is InChI=1S/C25H27N3O3S2/c1-2-15-28(25-26-23(19-32-25)21-9-5-3-6-10-21)24(29)18-20-11-13-22(14-12-20)33(30,31)27-16-7-4-8-17-27/h2-3,5-6,9-14,19H,1,4,7-8,15-18H2. The Morgan fingerprint density at radius 1 is 1.06 bits per heavy atom. The first-order valence-electron chi connectivity index (χ1n) is 11.0. The van der Waals surface area contributed by atoms with E-state index in [4.69, 9.17) is 0 Å². The van der Waals surface area contributed by atoms with Gasteiger partial charge in [0, 0.05) is 30.6 Å². The highest BCUT2D eigenvalue weighted by Crippen LogP contribution is 2.28. The second kappa shape index (κ2) is 10.4. The first kappa shape index (κ1) is 23.4. The molecule has 172 valence electrons. The molecule has 0 aliphatic carbocycles. The molecule has 0 bridgehead atoms. The summed E-state index contributed by atoms with van der Waals surface area (Å²) in [6, 6.07) is 16.5. The van der Waals surface area contributed by atoms with Crippen molar-refractivity contribution in [3.8, 4) is 11.3 Å². The van der Waals surface area contributed by atoms with Crippen molar-refractivity contribution < 1.29 is 13.2 Å². The Hall–Kier alpha value is -2.81. The van der Waals surface area contributed by atoms with Gasteiger partial charge in [0.1, 0.15) is 0 Å².